The van der Waals surface area contributed by atoms with Gasteiger partial charge in [0.1, 0.15) is 10.7 Å². The van der Waals surface area contributed by atoms with Crippen molar-refractivity contribution in [3.05, 3.63) is 53.3 Å². The minimum atomic E-state index is -3.77. The zero-order valence-corrected chi connectivity index (χ0v) is 15.4. The zero-order valence-electron chi connectivity index (χ0n) is 13.8. The first kappa shape index (κ1) is 17.7. The van der Waals surface area contributed by atoms with E-state index in [2.05, 4.69) is 14.7 Å². The average molecular weight is 380 g/mol. The summed E-state index contributed by atoms with van der Waals surface area (Å²) >= 11 is 5.93. The van der Waals surface area contributed by atoms with Crippen molar-refractivity contribution in [1.29, 1.82) is 0 Å². The van der Waals surface area contributed by atoms with Crippen LogP contribution in [-0.2, 0) is 21.4 Å². The van der Waals surface area contributed by atoms with Crippen LogP contribution in [0.3, 0.4) is 0 Å². The maximum Gasteiger partial charge on any atom is 0.265 e. The number of nitrogens with one attached hydrogen (secondary N) is 2. The monoisotopic (exact) mass is 379 g/mol. The SMILES string of the molecule is CC(C)OCc1ccc(NS(=O)(=O)c2c[nH]c3cc(Cl)ccc23)nc1. The van der Waals surface area contributed by atoms with Gasteiger partial charge >= 0.3 is 0 Å². The first-order valence-electron chi connectivity index (χ1n) is 7.71. The van der Waals surface area contributed by atoms with E-state index in [-0.39, 0.29) is 16.8 Å². The van der Waals surface area contributed by atoms with Gasteiger partial charge in [-0.3, -0.25) is 4.72 Å². The molecule has 0 fully saturated rings. The Labute approximate surface area is 151 Å². The summed E-state index contributed by atoms with van der Waals surface area (Å²) < 4.78 is 33.2. The highest BCUT2D eigenvalue weighted by Crippen LogP contribution is 2.26. The van der Waals surface area contributed by atoms with Crippen molar-refractivity contribution < 1.29 is 13.2 Å². The molecule has 0 atom stereocenters. The van der Waals surface area contributed by atoms with E-state index in [1.54, 1.807) is 36.5 Å². The largest absolute Gasteiger partial charge is 0.374 e. The number of ether oxygens (including phenoxy) is 1. The number of halogens is 1. The third-order valence-electron chi connectivity index (χ3n) is 3.54. The molecule has 8 heteroatoms. The molecule has 0 amide bonds. The molecule has 2 N–H and O–H groups in total. The minimum absolute atomic E-state index is 0.119. The summed E-state index contributed by atoms with van der Waals surface area (Å²) in [4.78, 5) is 7.21. The topological polar surface area (TPSA) is 84.1 Å². The number of aromatic amines is 1. The smallest absolute Gasteiger partial charge is 0.265 e. The van der Waals surface area contributed by atoms with Gasteiger partial charge in [0.05, 0.1) is 12.7 Å². The number of hydrogen-bond acceptors (Lipinski definition) is 4. The van der Waals surface area contributed by atoms with E-state index in [0.29, 0.717) is 22.5 Å². The van der Waals surface area contributed by atoms with Gasteiger partial charge in [-0.2, -0.15) is 0 Å². The summed E-state index contributed by atoms with van der Waals surface area (Å²) in [6.45, 7) is 4.33. The quantitative estimate of drug-likeness (QED) is 0.679. The van der Waals surface area contributed by atoms with Gasteiger partial charge < -0.3 is 9.72 Å². The van der Waals surface area contributed by atoms with Crippen molar-refractivity contribution in [2.24, 2.45) is 0 Å². The lowest BCUT2D eigenvalue weighted by atomic mass is 10.2. The molecule has 132 valence electrons. The molecule has 6 nitrogen and oxygen atoms in total. The van der Waals surface area contributed by atoms with Crippen LogP contribution >= 0.6 is 11.6 Å². The molecular weight excluding hydrogens is 362 g/mol. The van der Waals surface area contributed by atoms with Gasteiger partial charge in [-0.05, 0) is 43.7 Å². The highest BCUT2D eigenvalue weighted by molar-refractivity contribution is 7.93. The Bertz CT molecular complexity index is 982. The summed E-state index contributed by atoms with van der Waals surface area (Å²) in [5, 5.41) is 1.10. The summed E-state index contributed by atoms with van der Waals surface area (Å²) in [6.07, 6.45) is 3.15. The third kappa shape index (κ3) is 4.12. The number of nitrogens with zero attached hydrogens (tertiary/aromatic N) is 1. The van der Waals surface area contributed by atoms with Crippen LogP contribution in [0.4, 0.5) is 5.82 Å². The fourth-order valence-corrected chi connectivity index (χ4v) is 3.68. The maximum atomic E-state index is 12.6. The number of anilines is 1. The number of aromatic nitrogens is 2. The summed E-state index contributed by atoms with van der Waals surface area (Å²) in [5.74, 6) is 0.247. The molecule has 0 saturated heterocycles. The molecule has 0 unspecified atom stereocenters. The first-order chi connectivity index (χ1) is 11.8. The predicted molar refractivity (Wildman–Crippen MR) is 98.3 cm³/mol. The van der Waals surface area contributed by atoms with Crippen LogP contribution in [0.25, 0.3) is 10.9 Å². The van der Waals surface area contributed by atoms with E-state index in [0.717, 1.165) is 5.56 Å². The number of sulfonamides is 1. The Morgan fingerprint density at radius 2 is 2.08 bits per heavy atom. The van der Waals surface area contributed by atoms with Gasteiger partial charge in [0.2, 0.25) is 0 Å². The van der Waals surface area contributed by atoms with Crippen molar-refractivity contribution in [1.82, 2.24) is 9.97 Å². The summed E-state index contributed by atoms with van der Waals surface area (Å²) in [5.41, 5.74) is 1.53. The third-order valence-corrected chi connectivity index (χ3v) is 5.17. The van der Waals surface area contributed by atoms with Crippen LogP contribution in [0.5, 0.6) is 0 Å². The van der Waals surface area contributed by atoms with Crippen LogP contribution < -0.4 is 4.72 Å². The van der Waals surface area contributed by atoms with Crippen molar-refractivity contribution in [3.8, 4) is 0 Å². The second-order valence-corrected chi connectivity index (χ2v) is 7.95. The van der Waals surface area contributed by atoms with Crippen LogP contribution in [-0.4, -0.2) is 24.5 Å². The van der Waals surface area contributed by atoms with E-state index in [4.69, 9.17) is 16.3 Å². The minimum Gasteiger partial charge on any atom is -0.374 e. The molecule has 0 radical (unpaired) electrons. The van der Waals surface area contributed by atoms with Crippen molar-refractivity contribution >= 4 is 38.3 Å². The molecule has 3 rings (SSSR count). The van der Waals surface area contributed by atoms with Crippen molar-refractivity contribution in [2.45, 2.75) is 31.5 Å². The molecule has 0 aliphatic rings. The highest BCUT2D eigenvalue weighted by atomic mass is 35.5. The Kier molecular flexibility index (Phi) is 4.99. The molecule has 0 bridgehead atoms. The van der Waals surface area contributed by atoms with E-state index in [9.17, 15) is 8.42 Å². The molecule has 2 heterocycles. The van der Waals surface area contributed by atoms with Gasteiger partial charge in [0.25, 0.3) is 10.0 Å². The maximum absolute atomic E-state index is 12.6. The van der Waals surface area contributed by atoms with Crippen LogP contribution in [0.2, 0.25) is 5.02 Å². The van der Waals surface area contributed by atoms with Gasteiger partial charge in [0, 0.05) is 28.3 Å². The zero-order chi connectivity index (χ0) is 18.0. The van der Waals surface area contributed by atoms with Crippen LogP contribution in [0.1, 0.15) is 19.4 Å². The lowest BCUT2D eigenvalue weighted by Gasteiger charge is -2.09. The number of pyridine rings is 1. The average Bonchev–Trinajstić information content (AvgIpc) is 2.97. The van der Waals surface area contributed by atoms with Crippen molar-refractivity contribution in [3.63, 3.8) is 0 Å². The van der Waals surface area contributed by atoms with E-state index in [1.165, 1.54) is 6.20 Å². The van der Waals surface area contributed by atoms with E-state index in [1.807, 2.05) is 13.8 Å². The summed E-state index contributed by atoms with van der Waals surface area (Å²) in [6, 6.07) is 8.39. The van der Waals surface area contributed by atoms with Crippen LogP contribution in [0.15, 0.2) is 47.6 Å². The number of hydrogen-bond donors (Lipinski definition) is 2. The molecule has 0 aliphatic heterocycles. The molecule has 0 aliphatic carbocycles. The Morgan fingerprint density at radius 3 is 2.76 bits per heavy atom. The number of rotatable bonds is 6. The van der Waals surface area contributed by atoms with Gasteiger partial charge in [-0.15, -0.1) is 0 Å². The van der Waals surface area contributed by atoms with Gasteiger partial charge in [-0.25, -0.2) is 13.4 Å². The molecular formula is C17H18ClN3O3S. The Balaban J connectivity index is 1.81. The number of H-pyrrole nitrogens is 1. The number of fused-ring (bicyclic) bond motifs is 1. The molecule has 3 aromatic rings. The molecule has 2 aromatic heterocycles. The normalized spacial score (nSPS) is 12.0. The molecule has 25 heavy (non-hydrogen) atoms. The lowest BCUT2D eigenvalue weighted by molar-refractivity contribution is 0.0655. The van der Waals surface area contributed by atoms with Gasteiger partial charge in [-0.1, -0.05) is 17.7 Å². The van der Waals surface area contributed by atoms with Gasteiger partial charge in [0.15, 0.2) is 0 Å². The standard InChI is InChI=1S/C17H18ClN3O3S/c1-11(2)24-10-12-3-6-17(20-8-12)21-25(22,23)16-9-19-15-7-13(18)4-5-14(15)16/h3-9,11,19H,10H2,1-2H3,(H,20,21). The van der Waals surface area contributed by atoms with Crippen molar-refractivity contribution in [2.75, 3.05) is 4.72 Å². The first-order valence-corrected chi connectivity index (χ1v) is 9.57. The molecule has 0 spiro atoms. The highest BCUT2D eigenvalue weighted by Gasteiger charge is 2.19. The molecule has 0 saturated carbocycles. The Hall–Kier alpha value is -2.09. The number of benzene rings is 1. The lowest BCUT2D eigenvalue weighted by Crippen LogP contribution is -2.13. The predicted octanol–water partition coefficient (Wildman–Crippen LogP) is 3.94. The molecule has 1 aromatic carbocycles. The summed E-state index contributed by atoms with van der Waals surface area (Å²) in [7, 11) is -3.77. The fraction of sp³-hybridized carbons (Fsp3) is 0.235. The second kappa shape index (κ2) is 7.03. The second-order valence-electron chi connectivity index (χ2n) is 5.86. The Morgan fingerprint density at radius 1 is 1.28 bits per heavy atom. The van der Waals surface area contributed by atoms with E-state index >= 15 is 0 Å². The van der Waals surface area contributed by atoms with E-state index < -0.39 is 10.0 Å². The fourth-order valence-electron chi connectivity index (χ4n) is 2.32. The van der Waals surface area contributed by atoms with Crippen LogP contribution in [0, 0.1) is 0 Å².